The third-order valence-electron chi connectivity index (χ3n) is 2.29. The van der Waals surface area contributed by atoms with Gasteiger partial charge in [-0.25, -0.2) is 4.79 Å². The normalized spacial score (nSPS) is 8.17. The second-order valence-electron chi connectivity index (χ2n) is 4.00. The van der Waals surface area contributed by atoms with Gasteiger partial charge in [0.25, 0.3) is 0 Å². The molecule has 2 rings (SSSR count). The van der Waals surface area contributed by atoms with E-state index < -0.39 is 6.09 Å². The maximum Gasteiger partial charge on any atom is 0.402 e. The minimum absolute atomic E-state index is 0.514. The molecule has 0 saturated heterocycles. The van der Waals surface area contributed by atoms with E-state index in [0.29, 0.717) is 22.8 Å². The van der Waals surface area contributed by atoms with Crippen LogP contribution in [0.1, 0.15) is 18.1 Å². The molecular weight excluding hydrogens is 330 g/mol. The van der Waals surface area contributed by atoms with Gasteiger partial charge in [0.2, 0.25) is 0 Å². The van der Waals surface area contributed by atoms with E-state index in [9.17, 15) is 0 Å². The van der Waals surface area contributed by atoms with E-state index >= 15 is 0 Å². The summed E-state index contributed by atoms with van der Waals surface area (Å²) in [6.45, 7) is 2.59. The Balaban J connectivity index is 0.000000367. The van der Waals surface area contributed by atoms with Crippen molar-refractivity contribution >= 4 is 17.7 Å². The number of amides is 1. The Hall–Kier alpha value is -3.22. The van der Waals surface area contributed by atoms with Gasteiger partial charge in [-0.3, -0.25) is 0 Å². The number of carboxylic acid groups (broad SMARTS) is 1. The van der Waals surface area contributed by atoms with Crippen molar-refractivity contribution in [2.24, 2.45) is 5.73 Å². The van der Waals surface area contributed by atoms with E-state index in [1.807, 2.05) is 19.1 Å². The zero-order chi connectivity index (χ0) is 18.4. The predicted octanol–water partition coefficient (Wildman–Crippen LogP) is 3.79. The van der Waals surface area contributed by atoms with Crippen molar-refractivity contribution in [3.8, 4) is 17.9 Å². The van der Waals surface area contributed by atoms with Crippen LogP contribution < -0.4 is 10.5 Å². The van der Waals surface area contributed by atoms with Gasteiger partial charge in [-0.05, 0) is 43.3 Å². The lowest BCUT2D eigenvalue weighted by Gasteiger charge is -2.00. The summed E-state index contributed by atoms with van der Waals surface area (Å²) >= 11 is 5.60. The second-order valence-corrected chi connectivity index (χ2v) is 4.41. The molecule has 0 aliphatic rings. The Bertz CT molecular complexity index is 715. The molecule has 0 radical (unpaired) electrons. The van der Waals surface area contributed by atoms with E-state index in [-0.39, 0.29) is 0 Å². The van der Waals surface area contributed by atoms with Crippen LogP contribution in [-0.4, -0.2) is 17.8 Å². The number of halogens is 1. The highest BCUT2D eigenvalue weighted by Gasteiger charge is 1.92. The summed E-state index contributed by atoms with van der Waals surface area (Å²) in [5.74, 6) is 0.812. The molecule has 0 unspecified atom stereocenters. The Morgan fingerprint density at radius 3 is 2.08 bits per heavy atom. The molecule has 0 aromatic heterocycles. The summed E-state index contributed by atoms with van der Waals surface area (Å²) in [6.07, 6.45) is -1.33. The Morgan fingerprint density at radius 2 is 1.71 bits per heavy atom. The average molecular weight is 346 g/mol. The fraction of sp³-hybridized carbons (Fsp3) is 0.118. The van der Waals surface area contributed by atoms with Gasteiger partial charge >= 0.3 is 6.09 Å². The predicted molar refractivity (Wildman–Crippen MR) is 90.7 cm³/mol. The number of nitriles is 2. The largest absolute Gasteiger partial charge is 0.494 e. The summed E-state index contributed by atoms with van der Waals surface area (Å²) in [5, 5.41) is 24.6. The van der Waals surface area contributed by atoms with Gasteiger partial charge in [0.15, 0.2) is 0 Å². The van der Waals surface area contributed by atoms with Crippen molar-refractivity contribution in [2.45, 2.75) is 6.92 Å². The maximum absolute atomic E-state index is 8.78. The Kier molecular flexibility index (Phi) is 10.7. The number of nitrogens with zero attached hydrogens (tertiary/aromatic N) is 2. The second kappa shape index (κ2) is 12.3. The average Bonchev–Trinajstić information content (AvgIpc) is 2.56. The Labute approximate surface area is 145 Å². The fourth-order valence-corrected chi connectivity index (χ4v) is 1.52. The fourth-order valence-electron chi connectivity index (χ4n) is 1.34. The first-order valence-electron chi connectivity index (χ1n) is 6.70. The molecule has 6 nitrogen and oxygen atoms in total. The van der Waals surface area contributed by atoms with Crippen molar-refractivity contribution in [3.63, 3.8) is 0 Å². The van der Waals surface area contributed by atoms with E-state index in [1.54, 1.807) is 48.5 Å². The summed E-state index contributed by atoms with van der Waals surface area (Å²) in [6, 6.07) is 18.0. The first-order valence-corrected chi connectivity index (χ1v) is 7.08. The van der Waals surface area contributed by atoms with Gasteiger partial charge in [-0.2, -0.15) is 10.5 Å². The van der Waals surface area contributed by atoms with Crippen molar-refractivity contribution < 1.29 is 14.6 Å². The van der Waals surface area contributed by atoms with Crippen LogP contribution in [0.5, 0.6) is 5.75 Å². The number of nitrogens with two attached hydrogens (primary N) is 1. The number of rotatable bonds is 2. The van der Waals surface area contributed by atoms with Gasteiger partial charge in [-0.1, -0.05) is 23.7 Å². The lowest BCUT2D eigenvalue weighted by atomic mass is 10.2. The quantitative estimate of drug-likeness (QED) is 0.857. The highest BCUT2D eigenvalue weighted by molar-refractivity contribution is 6.31. The lowest BCUT2D eigenvalue weighted by molar-refractivity contribution is 0.205. The highest BCUT2D eigenvalue weighted by atomic mass is 35.5. The van der Waals surface area contributed by atoms with Gasteiger partial charge < -0.3 is 15.6 Å². The van der Waals surface area contributed by atoms with E-state index in [0.717, 1.165) is 5.75 Å². The molecule has 124 valence electrons. The van der Waals surface area contributed by atoms with Crippen molar-refractivity contribution in [2.75, 3.05) is 6.61 Å². The summed E-state index contributed by atoms with van der Waals surface area (Å²) in [4.78, 5) is 8.78. The van der Waals surface area contributed by atoms with Crippen LogP contribution in [0.3, 0.4) is 0 Å². The molecule has 2 aromatic rings. The van der Waals surface area contributed by atoms with Crippen molar-refractivity contribution in [1.82, 2.24) is 0 Å². The number of hydrogen-bond acceptors (Lipinski definition) is 4. The van der Waals surface area contributed by atoms with Crippen LogP contribution in [0.25, 0.3) is 0 Å². The zero-order valence-corrected chi connectivity index (χ0v) is 13.7. The third kappa shape index (κ3) is 9.67. The minimum Gasteiger partial charge on any atom is -0.494 e. The molecular formula is C17H16ClN3O3. The molecule has 0 aliphatic carbocycles. The molecule has 3 N–H and O–H groups in total. The monoisotopic (exact) mass is 345 g/mol. The molecule has 0 atom stereocenters. The van der Waals surface area contributed by atoms with Crippen LogP contribution in [-0.2, 0) is 0 Å². The Morgan fingerprint density at radius 1 is 1.17 bits per heavy atom. The molecule has 0 spiro atoms. The van der Waals surface area contributed by atoms with Crippen molar-refractivity contribution in [3.05, 3.63) is 64.7 Å². The first-order chi connectivity index (χ1) is 11.4. The molecule has 2 aromatic carbocycles. The zero-order valence-electron chi connectivity index (χ0n) is 12.9. The number of carbonyl (C=O) groups is 1. The van der Waals surface area contributed by atoms with Crippen molar-refractivity contribution in [1.29, 1.82) is 10.5 Å². The van der Waals surface area contributed by atoms with Crippen LogP contribution in [0.15, 0.2) is 48.5 Å². The first kappa shape index (κ1) is 20.8. The van der Waals surface area contributed by atoms with E-state index in [1.165, 1.54) is 0 Å². The highest BCUT2D eigenvalue weighted by Crippen LogP contribution is 2.12. The number of benzene rings is 2. The number of primary amides is 1. The molecule has 1 amide bonds. The lowest BCUT2D eigenvalue weighted by Crippen LogP contribution is -2.03. The van der Waals surface area contributed by atoms with E-state index in [2.05, 4.69) is 5.73 Å². The van der Waals surface area contributed by atoms with Gasteiger partial charge in [0.05, 0.1) is 28.8 Å². The third-order valence-corrected chi connectivity index (χ3v) is 2.62. The summed E-state index contributed by atoms with van der Waals surface area (Å²) in [5.41, 5.74) is 5.22. The topological polar surface area (TPSA) is 120 Å². The molecule has 0 saturated carbocycles. The van der Waals surface area contributed by atoms with Crippen LogP contribution in [0.4, 0.5) is 4.79 Å². The smallest absolute Gasteiger partial charge is 0.402 e. The van der Waals surface area contributed by atoms with E-state index in [4.69, 9.17) is 36.8 Å². The minimum atomic E-state index is -1.33. The molecule has 24 heavy (non-hydrogen) atoms. The van der Waals surface area contributed by atoms with Gasteiger partial charge in [0.1, 0.15) is 11.8 Å². The van der Waals surface area contributed by atoms with Crippen LogP contribution in [0, 0.1) is 22.7 Å². The molecule has 7 heteroatoms. The SMILES string of the molecule is CCOc1ccc(C#N)cc1.N#Cc1ccccc1Cl.NC(=O)O. The van der Waals surface area contributed by atoms with Crippen LogP contribution >= 0.6 is 11.6 Å². The van der Waals surface area contributed by atoms with Gasteiger partial charge in [0, 0.05) is 0 Å². The molecule has 0 heterocycles. The summed E-state index contributed by atoms with van der Waals surface area (Å²) in [7, 11) is 0. The molecule has 0 bridgehead atoms. The van der Waals surface area contributed by atoms with Gasteiger partial charge in [-0.15, -0.1) is 0 Å². The molecule has 0 aliphatic heterocycles. The van der Waals surface area contributed by atoms with Crippen LogP contribution in [0.2, 0.25) is 5.02 Å². The standard InChI is InChI=1S/C9H9NO.C7H4ClN.CH3NO2/c1-2-11-9-5-3-8(7-10)4-6-9;8-7-4-2-1-3-6(7)5-9;2-1(3)4/h3-6H,2H2,1H3;1-4H;2H2,(H,3,4). The number of ether oxygens (including phenoxy) is 1. The maximum atomic E-state index is 8.78. The summed E-state index contributed by atoms with van der Waals surface area (Å²) < 4.78 is 5.20. The molecule has 0 fully saturated rings. The number of hydrogen-bond donors (Lipinski definition) is 2.